The van der Waals surface area contributed by atoms with Crippen molar-refractivity contribution in [2.75, 3.05) is 20.2 Å². The van der Waals surface area contributed by atoms with Crippen molar-refractivity contribution in [2.45, 2.75) is 26.2 Å². The van der Waals surface area contributed by atoms with E-state index in [9.17, 15) is 4.79 Å². The third kappa shape index (κ3) is 5.10. The van der Waals surface area contributed by atoms with Crippen molar-refractivity contribution in [1.82, 2.24) is 5.32 Å². The summed E-state index contributed by atoms with van der Waals surface area (Å²) in [6.07, 6.45) is 3.19. The summed E-state index contributed by atoms with van der Waals surface area (Å²) >= 11 is 6.06. The van der Waals surface area contributed by atoms with Crippen LogP contribution >= 0.6 is 11.6 Å². The molecule has 1 aliphatic rings. The Hall–Kier alpha value is -2.33. The molecule has 1 saturated heterocycles. The van der Waals surface area contributed by atoms with Gasteiger partial charge in [0.05, 0.1) is 13.7 Å². The van der Waals surface area contributed by atoms with Crippen molar-refractivity contribution >= 4 is 28.9 Å². The van der Waals surface area contributed by atoms with Gasteiger partial charge in [-0.3, -0.25) is 10.1 Å². The van der Waals surface area contributed by atoms with Crippen LogP contribution in [0.2, 0.25) is 5.02 Å². The fraction of sp³-hybridized carbons (Fsp3) is 0.364. The topological polar surface area (TPSA) is 41.3 Å². The average Bonchev–Trinajstić information content (AvgIpc) is 2.91. The summed E-state index contributed by atoms with van der Waals surface area (Å²) in [5.41, 5.74) is 1.65. The Labute approximate surface area is 165 Å². The molecule has 1 N–H and O–H groups in total. The lowest BCUT2D eigenvalue weighted by Crippen LogP contribution is -2.33. The molecular weight excluding hydrogens is 360 g/mol. The number of carbonyl (C=O) groups excluding carboxylic acids is 1. The summed E-state index contributed by atoms with van der Waals surface area (Å²) in [5, 5.41) is 4.23. The van der Waals surface area contributed by atoms with E-state index >= 15 is 0 Å². The molecule has 0 bridgehead atoms. The van der Waals surface area contributed by atoms with Crippen LogP contribution in [0.4, 0.5) is 5.69 Å². The van der Waals surface area contributed by atoms with Crippen LogP contribution in [0.1, 0.15) is 36.5 Å². The number of hydrogen-bond donors (Lipinski definition) is 1. The van der Waals surface area contributed by atoms with Crippen molar-refractivity contribution in [3.63, 3.8) is 0 Å². The van der Waals surface area contributed by atoms with E-state index < -0.39 is 0 Å². The zero-order valence-electron chi connectivity index (χ0n) is 15.9. The van der Waals surface area contributed by atoms with Crippen LogP contribution in [-0.4, -0.2) is 36.4 Å². The summed E-state index contributed by atoms with van der Waals surface area (Å²) in [6.45, 7) is 3.49. The summed E-state index contributed by atoms with van der Waals surface area (Å²) < 4.78 is 7.27. The molecule has 2 aromatic carbocycles. The Morgan fingerprint density at radius 1 is 1.15 bits per heavy atom. The number of Topliss-reactive ketones (excluding diaryl/α,β-unsaturated/α-hetero) is 1. The maximum Gasteiger partial charge on any atom is 0.250 e. The lowest BCUT2D eigenvalue weighted by atomic mass is 10.0. The number of amidine groups is 1. The number of nitrogens with one attached hydrogen (secondary N) is 1. The standard InChI is InChI=1S/C22H25ClN2O2/c1-16-3-12-22(24-14-13-16)25(19-8-6-18(23)7-9-19)15-21(26)17-4-10-20(27-2)11-5-17/h4-11,16H,3,12-15H2,1-2H3/p+1/t16-/m0/s1. The zero-order valence-corrected chi connectivity index (χ0v) is 16.6. The van der Waals surface area contributed by atoms with Crippen LogP contribution in [-0.2, 0) is 0 Å². The maximum atomic E-state index is 12.9. The molecule has 5 heteroatoms. The molecule has 27 heavy (non-hydrogen) atoms. The number of ether oxygens (including phenoxy) is 1. The Morgan fingerprint density at radius 3 is 2.52 bits per heavy atom. The Kier molecular flexibility index (Phi) is 6.51. The van der Waals surface area contributed by atoms with Crippen molar-refractivity contribution in [3.8, 4) is 5.75 Å². The maximum absolute atomic E-state index is 12.9. The fourth-order valence-electron chi connectivity index (χ4n) is 3.28. The second kappa shape index (κ2) is 9.05. The first-order valence-corrected chi connectivity index (χ1v) is 9.74. The van der Waals surface area contributed by atoms with Crippen LogP contribution in [0.25, 0.3) is 0 Å². The van der Waals surface area contributed by atoms with Gasteiger partial charge in [-0.2, -0.15) is 0 Å². The molecule has 2 aromatic rings. The smallest absolute Gasteiger partial charge is 0.250 e. The number of ketones is 1. The molecular formula is C22H26ClN2O2+. The highest BCUT2D eigenvalue weighted by atomic mass is 35.5. The van der Waals surface area contributed by atoms with Crippen LogP contribution in [0.3, 0.4) is 0 Å². The average molecular weight is 386 g/mol. The van der Waals surface area contributed by atoms with Gasteiger partial charge in [-0.1, -0.05) is 18.5 Å². The van der Waals surface area contributed by atoms with Crippen LogP contribution in [0.15, 0.2) is 48.5 Å². The number of hydrogen-bond acceptors (Lipinski definition) is 2. The van der Waals surface area contributed by atoms with E-state index in [1.807, 2.05) is 48.5 Å². The Bertz CT molecular complexity index is 813. The Morgan fingerprint density at radius 2 is 1.85 bits per heavy atom. The van der Waals surface area contributed by atoms with Gasteiger partial charge in [-0.25, -0.2) is 4.58 Å². The van der Waals surface area contributed by atoms with Crippen molar-refractivity contribution < 1.29 is 14.1 Å². The largest absolute Gasteiger partial charge is 0.497 e. The lowest BCUT2D eigenvalue weighted by molar-refractivity contribution is -0.429. The summed E-state index contributed by atoms with van der Waals surface area (Å²) in [6, 6.07) is 14.9. The molecule has 4 nitrogen and oxygen atoms in total. The van der Waals surface area contributed by atoms with Gasteiger partial charge in [0, 0.05) is 17.0 Å². The second-order valence-electron chi connectivity index (χ2n) is 7.02. The first kappa shape index (κ1) is 19.4. The molecule has 0 amide bonds. The van der Waals surface area contributed by atoms with E-state index in [1.165, 1.54) is 0 Å². The summed E-state index contributed by atoms with van der Waals surface area (Å²) in [7, 11) is 1.62. The molecule has 3 rings (SSSR count). The molecule has 0 radical (unpaired) electrons. The fourth-order valence-corrected chi connectivity index (χ4v) is 3.41. The van der Waals surface area contributed by atoms with Gasteiger partial charge in [0.15, 0.2) is 6.54 Å². The molecule has 0 aliphatic carbocycles. The van der Waals surface area contributed by atoms with Gasteiger partial charge >= 0.3 is 0 Å². The van der Waals surface area contributed by atoms with E-state index in [-0.39, 0.29) is 12.3 Å². The highest BCUT2D eigenvalue weighted by molar-refractivity contribution is 6.30. The van der Waals surface area contributed by atoms with Gasteiger partial charge < -0.3 is 4.74 Å². The molecule has 1 fully saturated rings. The third-order valence-electron chi connectivity index (χ3n) is 5.02. The quantitative estimate of drug-likeness (QED) is 0.600. The molecule has 1 aliphatic heterocycles. The molecule has 0 saturated carbocycles. The minimum Gasteiger partial charge on any atom is -0.497 e. The first-order chi connectivity index (χ1) is 13.1. The van der Waals surface area contributed by atoms with Crippen molar-refractivity contribution in [1.29, 1.82) is 0 Å². The van der Waals surface area contributed by atoms with Gasteiger partial charge in [0.2, 0.25) is 11.6 Å². The van der Waals surface area contributed by atoms with Gasteiger partial charge in [-0.15, -0.1) is 0 Å². The highest BCUT2D eigenvalue weighted by Crippen LogP contribution is 2.20. The van der Waals surface area contributed by atoms with Crippen molar-refractivity contribution in [2.24, 2.45) is 5.92 Å². The molecule has 0 spiro atoms. The zero-order chi connectivity index (χ0) is 19.2. The second-order valence-corrected chi connectivity index (χ2v) is 7.46. The molecule has 142 valence electrons. The van der Waals surface area contributed by atoms with E-state index in [0.717, 1.165) is 43.1 Å². The van der Waals surface area contributed by atoms with E-state index in [1.54, 1.807) is 7.11 Å². The molecule has 0 aromatic heterocycles. The predicted octanol–water partition coefficient (Wildman–Crippen LogP) is 4.68. The van der Waals surface area contributed by atoms with Gasteiger partial charge in [0.1, 0.15) is 11.4 Å². The van der Waals surface area contributed by atoms with Gasteiger partial charge in [-0.05, 0) is 67.3 Å². The van der Waals surface area contributed by atoms with Crippen LogP contribution < -0.4 is 10.1 Å². The normalized spacial score (nSPS) is 19.0. The van der Waals surface area contributed by atoms with Crippen LogP contribution in [0, 0.1) is 5.92 Å². The first-order valence-electron chi connectivity index (χ1n) is 9.37. The minimum absolute atomic E-state index is 0.0687. The van der Waals surface area contributed by atoms with Crippen LogP contribution in [0.5, 0.6) is 5.75 Å². The Balaban J connectivity index is 1.91. The van der Waals surface area contributed by atoms with E-state index in [4.69, 9.17) is 16.3 Å². The summed E-state index contributed by atoms with van der Waals surface area (Å²) in [5.74, 6) is 2.59. The predicted molar refractivity (Wildman–Crippen MR) is 110 cm³/mol. The molecule has 1 heterocycles. The van der Waals surface area contributed by atoms with Crippen molar-refractivity contribution in [3.05, 3.63) is 59.1 Å². The number of nitrogens with zero attached hydrogens (tertiary/aromatic N) is 1. The number of benzene rings is 2. The van der Waals surface area contributed by atoms with Gasteiger partial charge in [0.25, 0.3) is 0 Å². The van der Waals surface area contributed by atoms with E-state index in [2.05, 4.69) is 16.8 Å². The summed E-state index contributed by atoms with van der Waals surface area (Å²) in [4.78, 5) is 12.9. The lowest BCUT2D eigenvalue weighted by Gasteiger charge is -2.12. The monoisotopic (exact) mass is 385 g/mol. The number of methoxy groups -OCH3 is 1. The van der Waals surface area contributed by atoms with E-state index in [0.29, 0.717) is 16.5 Å². The number of rotatable bonds is 5. The highest BCUT2D eigenvalue weighted by Gasteiger charge is 2.23. The number of carbonyl (C=O) groups is 1. The third-order valence-corrected chi connectivity index (χ3v) is 5.27. The number of halogens is 1. The molecule has 0 unspecified atom stereocenters. The SMILES string of the molecule is COc1ccc(C(=O)C[N+](=C2CC[C@H](C)CCN2)c2ccc(Cl)cc2)cc1. The molecule has 1 atom stereocenters. The minimum atomic E-state index is 0.0687.